The standard InChI is InChI=1S/C10H10O8/c1-3-15-8(13)9(14)18-10(2)16-6(11)4-5-7(12)17-10/h4-5H,3H2,1-2H3. The number of hydrogen-bond acceptors (Lipinski definition) is 8. The van der Waals surface area contributed by atoms with E-state index in [1.54, 1.807) is 0 Å². The van der Waals surface area contributed by atoms with E-state index in [9.17, 15) is 19.2 Å². The smallest absolute Gasteiger partial charge is 0.423 e. The number of ether oxygens (including phenoxy) is 4. The third-order valence-electron chi connectivity index (χ3n) is 1.65. The molecule has 0 radical (unpaired) electrons. The maximum absolute atomic E-state index is 11.2. The van der Waals surface area contributed by atoms with E-state index in [2.05, 4.69) is 18.9 Å². The fourth-order valence-electron chi connectivity index (χ4n) is 1.03. The summed E-state index contributed by atoms with van der Waals surface area (Å²) >= 11 is 0. The molecular formula is C10H10O8. The molecule has 0 saturated carbocycles. The highest BCUT2D eigenvalue weighted by atomic mass is 16.9. The molecule has 0 unspecified atom stereocenters. The molecule has 0 aromatic rings. The van der Waals surface area contributed by atoms with Crippen LogP contribution in [-0.2, 0) is 38.1 Å². The van der Waals surface area contributed by atoms with Crippen LogP contribution in [0.3, 0.4) is 0 Å². The van der Waals surface area contributed by atoms with E-state index in [1.165, 1.54) is 6.92 Å². The lowest BCUT2D eigenvalue weighted by atomic mass is 10.5. The molecule has 1 aliphatic heterocycles. The van der Waals surface area contributed by atoms with Gasteiger partial charge in [0, 0.05) is 12.2 Å². The maximum Gasteiger partial charge on any atom is 0.423 e. The molecule has 0 amide bonds. The average Bonchev–Trinajstić information content (AvgIpc) is 2.37. The molecule has 0 fully saturated rings. The predicted octanol–water partition coefficient (Wildman–Crippen LogP) is -0.577. The maximum atomic E-state index is 11.2. The summed E-state index contributed by atoms with van der Waals surface area (Å²) in [7, 11) is 0. The quantitative estimate of drug-likeness (QED) is 0.478. The van der Waals surface area contributed by atoms with Crippen LogP contribution >= 0.6 is 0 Å². The summed E-state index contributed by atoms with van der Waals surface area (Å²) in [6.07, 6.45) is 1.59. The van der Waals surface area contributed by atoms with Crippen molar-refractivity contribution in [2.75, 3.05) is 6.61 Å². The molecule has 8 heteroatoms. The third-order valence-corrected chi connectivity index (χ3v) is 1.65. The van der Waals surface area contributed by atoms with Gasteiger partial charge in [-0.1, -0.05) is 0 Å². The minimum absolute atomic E-state index is 0.0359. The molecule has 0 atom stereocenters. The summed E-state index contributed by atoms with van der Waals surface area (Å²) in [5.41, 5.74) is 0. The first kappa shape index (κ1) is 13.7. The van der Waals surface area contributed by atoms with Crippen molar-refractivity contribution in [3.05, 3.63) is 12.2 Å². The molecule has 1 aliphatic rings. The number of cyclic esters (lactones) is 2. The van der Waals surface area contributed by atoms with Gasteiger partial charge in [0.2, 0.25) is 0 Å². The van der Waals surface area contributed by atoms with Crippen molar-refractivity contribution >= 4 is 23.9 Å². The lowest BCUT2D eigenvalue weighted by Gasteiger charge is -2.24. The first-order valence-corrected chi connectivity index (χ1v) is 4.90. The zero-order chi connectivity index (χ0) is 13.8. The van der Waals surface area contributed by atoms with Crippen LogP contribution in [0.25, 0.3) is 0 Å². The molecule has 98 valence electrons. The van der Waals surface area contributed by atoms with Crippen molar-refractivity contribution in [3.8, 4) is 0 Å². The van der Waals surface area contributed by atoms with Gasteiger partial charge in [0.25, 0.3) is 0 Å². The zero-order valence-corrected chi connectivity index (χ0v) is 9.63. The van der Waals surface area contributed by atoms with Crippen LogP contribution in [0, 0.1) is 0 Å². The summed E-state index contributed by atoms with van der Waals surface area (Å²) in [6, 6.07) is 0. The van der Waals surface area contributed by atoms with Gasteiger partial charge < -0.3 is 18.9 Å². The lowest BCUT2D eigenvalue weighted by molar-refractivity contribution is -0.314. The van der Waals surface area contributed by atoms with Crippen LogP contribution in [0.15, 0.2) is 12.2 Å². The highest BCUT2D eigenvalue weighted by Crippen LogP contribution is 2.18. The van der Waals surface area contributed by atoms with Gasteiger partial charge in [-0.25, -0.2) is 19.2 Å². The fraction of sp³-hybridized carbons (Fsp3) is 0.400. The van der Waals surface area contributed by atoms with Crippen LogP contribution in [0.2, 0.25) is 0 Å². The molecule has 1 heterocycles. The molecule has 0 aliphatic carbocycles. The van der Waals surface area contributed by atoms with Crippen LogP contribution < -0.4 is 0 Å². The number of hydrogen-bond donors (Lipinski definition) is 0. The van der Waals surface area contributed by atoms with Gasteiger partial charge in [0.15, 0.2) is 0 Å². The summed E-state index contributed by atoms with van der Waals surface area (Å²) in [5.74, 6) is -6.95. The fourth-order valence-corrected chi connectivity index (χ4v) is 1.03. The Bertz CT molecular complexity index is 402. The monoisotopic (exact) mass is 258 g/mol. The van der Waals surface area contributed by atoms with Crippen molar-refractivity contribution in [1.82, 2.24) is 0 Å². The Morgan fingerprint density at radius 2 is 1.67 bits per heavy atom. The summed E-state index contributed by atoms with van der Waals surface area (Å²) in [6.45, 7) is 2.45. The Kier molecular flexibility index (Phi) is 4.03. The molecule has 0 aromatic carbocycles. The van der Waals surface area contributed by atoms with Crippen molar-refractivity contribution in [3.63, 3.8) is 0 Å². The van der Waals surface area contributed by atoms with E-state index < -0.39 is 29.9 Å². The first-order chi connectivity index (χ1) is 8.36. The van der Waals surface area contributed by atoms with Gasteiger partial charge >= 0.3 is 29.9 Å². The minimum Gasteiger partial charge on any atom is -0.458 e. The number of esters is 4. The Labute approximate surface area is 101 Å². The van der Waals surface area contributed by atoms with Gasteiger partial charge in [0.05, 0.1) is 13.5 Å². The third kappa shape index (κ3) is 3.58. The molecule has 1 rings (SSSR count). The largest absolute Gasteiger partial charge is 0.458 e. The van der Waals surface area contributed by atoms with E-state index in [-0.39, 0.29) is 6.61 Å². The number of carbonyl (C=O) groups is 4. The van der Waals surface area contributed by atoms with Crippen LogP contribution in [0.1, 0.15) is 13.8 Å². The van der Waals surface area contributed by atoms with E-state index in [0.717, 1.165) is 19.1 Å². The second-order valence-corrected chi connectivity index (χ2v) is 3.15. The average molecular weight is 258 g/mol. The predicted molar refractivity (Wildman–Crippen MR) is 52.5 cm³/mol. The Morgan fingerprint density at radius 1 is 1.17 bits per heavy atom. The molecule has 18 heavy (non-hydrogen) atoms. The van der Waals surface area contributed by atoms with Gasteiger partial charge in [-0.3, -0.25) is 0 Å². The number of carbonyl (C=O) groups excluding carboxylic acids is 4. The minimum atomic E-state index is -2.30. The lowest BCUT2D eigenvalue weighted by Crippen LogP contribution is -2.42. The molecule has 0 saturated heterocycles. The number of rotatable bonds is 2. The Morgan fingerprint density at radius 3 is 2.11 bits per heavy atom. The van der Waals surface area contributed by atoms with Gasteiger partial charge in [-0.2, -0.15) is 0 Å². The van der Waals surface area contributed by atoms with Crippen LogP contribution in [-0.4, -0.2) is 36.5 Å². The van der Waals surface area contributed by atoms with Gasteiger partial charge in [0.1, 0.15) is 0 Å². The summed E-state index contributed by atoms with van der Waals surface area (Å²) < 4.78 is 17.9. The Balaban J connectivity index is 2.75. The second kappa shape index (κ2) is 5.30. The van der Waals surface area contributed by atoms with Crippen molar-refractivity contribution < 1.29 is 38.1 Å². The van der Waals surface area contributed by atoms with Crippen LogP contribution in [0.4, 0.5) is 0 Å². The molecule has 0 bridgehead atoms. The topological polar surface area (TPSA) is 105 Å². The van der Waals surface area contributed by atoms with Gasteiger partial charge in [-0.05, 0) is 6.92 Å². The van der Waals surface area contributed by atoms with E-state index in [4.69, 9.17) is 0 Å². The summed E-state index contributed by atoms with van der Waals surface area (Å²) in [5, 5.41) is 0. The molecular weight excluding hydrogens is 248 g/mol. The normalized spacial score (nSPS) is 17.2. The van der Waals surface area contributed by atoms with E-state index in [0.29, 0.717) is 0 Å². The molecule has 8 nitrogen and oxygen atoms in total. The van der Waals surface area contributed by atoms with E-state index >= 15 is 0 Å². The highest BCUT2D eigenvalue weighted by molar-refractivity contribution is 6.29. The highest BCUT2D eigenvalue weighted by Gasteiger charge is 2.41. The Hall–Kier alpha value is -2.38. The second-order valence-electron chi connectivity index (χ2n) is 3.15. The van der Waals surface area contributed by atoms with Crippen molar-refractivity contribution in [2.24, 2.45) is 0 Å². The first-order valence-electron chi connectivity index (χ1n) is 4.90. The molecule has 0 spiro atoms. The van der Waals surface area contributed by atoms with Crippen LogP contribution in [0.5, 0.6) is 0 Å². The molecule has 0 aromatic heterocycles. The molecule has 0 N–H and O–H groups in total. The van der Waals surface area contributed by atoms with Crippen molar-refractivity contribution in [1.29, 1.82) is 0 Å². The van der Waals surface area contributed by atoms with E-state index in [1.807, 2.05) is 0 Å². The SMILES string of the molecule is CCOC(=O)C(=O)OC1(C)OC(=O)C=CC(=O)O1. The van der Waals surface area contributed by atoms with Crippen molar-refractivity contribution in [2.45, 2.75) is 19.8 Å². The van der Waals surface area contributed by atoms with Gasteiger partial charge in [-0.15, -0.1) is 0 Å². The zero-order valence-electron chi connectivity index (χ0n) is 9.63. The summed E-state index contributed by atoms with van der Waals surface area (Å²) in [4.78, 5) is 44.4.